The summed E-state index contributed by atoms with van der Waals surface area (Å²) in [7, 11) is 0. The Labute approximate surface area is 175 Å². The number of aliphatic hydroxyl groups excluding tert-OH is 2. The van der Waals surface area contributed by atoms with Gasteiger partial charge in [0.2, 0.25) is 12.0 Å². The number of hydrogen-bond acceptors (Lipinski definition) is 7. The molecule has 1 saturated heterocycles. The van der Waals surface area contributed by atoms with Gasteiger partial charge in [-0.3, -0.25) is 4.57 Å². The molecule has 28 heavy (non-hydrogen) atoms. The Balaban J connectivity index is 0.00000225. The minimum absolute atomic E-state index is 0. The van der Waals surface area contributed by atoms with Gasteiger partial charge in [-0.15, -0.1) is 0 Å². The molecule has 1 aliphatic rings. The maximum absolute atomic E-state index is 10.3. The molecule has 4 rings (SSSR count). The first-order valence-corrected chi connectivity index (χ1v) is 8.68. The van der Waals surface area contributed by atoms with Crippen molar-refractivity contribution in [3.8, 4) is 0 Å². The summed E-state index contributed by atoms with van der Waals surface area (Å²) in [4.78, 5) is 8.67. The van der Waals surface area contributed by atoms with Gasteiger partial charge in [0, 0.05) is 5.02 Å². The van der Waals surface area contributed by atoms with Crippen LogP contribution < -0.4 is 27.3 Å². The number of nitrogen functional groups attached to an aromatic ring is 1. The fourth-order valence-corrected chi connectivity index (χ4v) is 3.39. The van der Waals surface area contributed by atoms with Crippen LogP contribution in [-0.4, -0.2) is 54.8 Å². The smallest absolute Gasteiger partial charge is 0.251 e. The zero-order valence-electron chi connectivity index (χ0n) is 14.6. The highest BCUT2D eigenvalue weighted by Gasteiger charge is 2.49. The Hall–Kier alpha value is -1.82. The molecule has 0 saturated carbocycles. The molecule has 3 atom stereocenters. The summed E-state index contributed by atoms with van der Waals surface area (Å²) in [6, 6.07) is 7.42. The van der Waals surface area contributed by atoms with E-state index in [2.05, 4.69) is 9.97 Å². The van der Waals surface area contributed by atoms with Gasteiger partial charge in [0.05, 0.1) is 19.8 Å². The number of halogens is 2. The number of fused-ring (bicyclic) bond motifs is 1. The Bertz CT molecular complexity index is 1000. The van der Waals surface area contributed by atoms with Crippen LogP contribution in [-0.2, 0) is 11.3 Å². The molecule has 150 valence electrons. The van der Waals surface area contributed by atoms with E-state index in [-0.39, 0.29) is 23.6 Å². The maximum Gasteiger partial charge on any atom is 0.251 e. The zero-order valence-corrected chi connectivity index (χ0v) is 17.0. The van der Waals surface area contributed by atoms with Crippen LogP contribution in [0.5, 0.6) is 0 Å². The molecule has 0 bridgehead atoms. The minimum Gasteiger partial charge on any atom is -1.00 e. The Morgan fingerprint density at radius 3 is 2.86 bits per heavy atom. The summed E-state index contributed by atoms with van der Waals surface area (Å²) in [6.07, 6.45) is 0.745. The average Bonchev–Trinajstić information content (AvgIpc) is 3.20. The number of anilines is 1. The summed E-state index contributed by atoms with van der Waals surface area (Å²) >= 11 is 6.02. The largest absolute Gasteiger partial charge is 1.00 e. The van der Waals surface area contributed by atoms with E-state index < -0.39 is 24.5 Å². The van der Waals surface area contributed by atoms with Gasteiger partial charge in [-0.1, -0.05) is 28.7 Å². The topological polar surface area (TPSA) is 131 Å². The van der Waals surface area contributed by atoms with Gasteiger partial charge in [0.1, 0.15) is 18.0 Å². The molecular weight excluding hydrogens is 454 g/mol. The minimum atomic E-state index is -1.73. The number of hydrogen-bond donors (Lipinski definition) is 4. The van der Waals surface area contributed by atoms with E-state index in [1.807, 2.05) is 18.2 Å². The van der Waals surface area contributed by atoms with E-state index in [9.17, 15) is 15.3 Å². The molecule has 1 aromatic carbocycles. The monoisotopic (exact) mass is 471 g/mol. The van der Waals surface area contributed by atoms with Crippen LogP contribution in [0.15, 0.2) is 36.9 Å². The standard InChI is InChI=1S/C17H18ClN5O4.BrH/c18-11-3-1-2-10(4-11)5-22-8-21-15-12(14(22)19)20-9-23(15)16-13(25)17(26,6-24)7-27-16;/h1-4,8-9,13,16,19,24-26H,5-7H2;1H/t13-,16+,17-;/m0./s1. The highest BCUT2D eigenvalue weighted by Crippen LogP contribution is 2.33. The lowest BCUT2D eigenvalue weighted by Crippen LogP contribution is -3.00. The summed E-state index contributed by atoms with van der Waals surface area (Å²) in [5, 5.41) is 30.4. The quantitative estimate of drug-likeness (QED) is 0.292. The molecule has 5 N–H and O–H groups in total. The first-order valence-electron chi connectivity index (χ1n) is 8.31. The summed E-state index contributed by atoms with van der Waals surface area (Å²) in [5.74, 6) is 0.392. The molecule has 2 aromatic heterocycles. The van der Waals surface area contributed by atoms with Crippen molar-refractivity contribution in [2.24, 2.45) is 0 Å². The highest BCUT2D eigenvalue weighted by molar-refractivity contribution is 6.30. The zero-order chi connectivity index (χ0) is 19.2. The molecule has 1 fully saturated rings. The second-order valence-corrected chi connectivity index (χ2v) is 7.06. The lowest BCUT2D eigenvalue weighted by atomic mass is 10.0. The molecule has 0 spiro atoms. The van der Waals surface area contributed by atoms with Crippen molar-refractivity contribution in [1.82, 2.24) is 14.5 Å². The van der Waals surface area contributed by atoms with Crippen molar-refractivity contribution in [3.63, 3.8) is 0 Å². The fourth-order valence-electron chi connectivity index (χ4n) is 3.17. The lowest BCUT2D eigenvalue weighted by molar-refractivity contribution is -0.675. The highest BCUT2D eigenvalue weighted by atomic mass is 79.9. The van der Waals surface area contributed by atoms with Gasteiger partial charge in [0.15, 0.2) is 11.7 Å². The van der Waals surface area contributed by atoms with Crippen molar-refractivity contribution in [1.29, 1.82) is 0 Å². The maximum atomic E-state index is 10.3. The van der Waals surface area contributed by atoms with E-state index in [0.717, 1.165) is 5.56 Å². The molecule has 0 amide bonds. The molecule has 1 aliphatic heterocycles. The number of nitrogens with zero attached hydrogens (tertiary/aromatic N) is 4. The van der Waals surface area contributed by atoms with Gasteiger partial charge in [-0.2, -0.15) is 0 Å². The molecular formula is C17H19BrClN5O4. The average molecular weight is 473 g/mol. The molecule has 0 unspecified atom stereocenters. The van der Waals surface area contributed by atoms with E-state index >= 15 is 0 Å². The third kappa shape index (κ3) is 3.47. The van der Waals surface area contributed by atoms with Gasteiger partial charge in [-0.25, -0.2) is 9.55 Å². The normalized spacial score (nSPS) is 24.4. The molecule has 9 nitrogen and oxygen atoms in total. The third-order valence-corrected chi connectivity index (χ3v) is 4.99. The molecule has 0 radical (unpaired) electrons. The SMILES string of the molecule is Nc1c2ncn([C@@H]3OC[C@@](O)(CO)[C@H]3O)c2nc[n+]1Cc1cccc(Cl)c1.[Br-]. The second kappa shape index (κ2) is 7.90. The van der Waals surface area contributed by atoms with E-state index in [1.54, 1.807) is 17.0 Å². The molecule has 3 heterocycles. The molecule has 3 aromatic rings. The van der Waals surface area contributed by atoms with Crippen molar-refractivity contribution < 1.29 is 41.6 Å². The predicted molar refractivity (Wildman–Crippen MR) is 95.7 cm³/mol. The van der Waals surface area contributed by atoms with E-state index in [4.69, 9.17) is 22.1 Å². The number of nitrogens with two attached hydrogens (primary N) is 1. The number of benzene rings is 1. The van der Waals surface area contributed by atoms with E-state index in [1.165, 1.54) is 10.9 Å². The van der Waals surface area contributed by atoms with E-state index in [0.29, 0.717) is 28.5 Å². The number of rotatable bonds is 4. The lowest BCUT2D eigenvalue weighted by Gasteiger charge is -2.23. The molecule has 11 heteroatoms. The Morgan fingerprint density at radius 2 is 2.18 bits per heavy atom. The Morgan fingerprint density at radius 1 is 1.39 bits per heavy atom. The van der Waals surface area contributed by atoms with Crippen LogP contribution in [0.2, 0.25) is 5.02 Å². The molecule has 0 aliphatic carbocycles. The van der Waals surface area contributed by atoms with Crippen LogP contribution in [0.1, 0.15) is 11.8 Å². The summed E-state index contributed by atoms with van der Waals surface area (Å²) < 4.78 is 8.70. The van der Waals surface area contributed by atoms with Gasteiger partial charge in [-0.05, 0) is 17.7 Å². The summed E-state index contributed by atoms with van der Waals surface area (Å²) in [6.45, 7) is -0.354. The number of aromatic nitrogens is 4. The van der Waals surface area contributed by atoms with Crippen molar-refractivity contribution >= 4 is 28.6 Å². The van der Waals surface area contributed by atoms with Crippen LogP contribution in [0, 0.1) is 0 Å². The number of aliphatic hydroxyl groups is 3. The van der Waals surface area contributed by atoms with Gasteiger partial charge >= 0.3 is 0 Å². The van der Waals surface area contributed by atoms with Crippen molar-refractivity contribution in [2.75, 3.05) is 18.9 Å². The van der Waals surface area contributed by atoms with Crippen LogP contribution in [0.25, 0.3) is 11.2 Å². The third-order valence-electron chi connectivity index (χ3n) is 4.75. The van der Waals surface area contributed by atoms with Crippen LogP contribution >= 0.6 is 11.6 Å². The Kier molecular flexibility index (Phi) is 5.89. The van der Waals surface area contributed by atoms with Crippen LogP contribution in [0.3, 0.4) is 0 Å². The first kappa shape index (κ1) is 20.9. The first-order chi connectivity index (χ1) is 12.9. The fraction of sp³-hybridized carbons (Fsp3) is 0.353. The van der Waals surface area contributed by atoms with Crippen molar-refractivity contribution in [2.45, 2.75) is 24.5 Å². The second-order valence-electron chi connectivity index (χ2n) is 6.62. The number of imidazole rings is 1. The predicted octanol–water partition coefficient (Wildman–Crippen LogP) is -3.38. The van der Waals surface area contributed by atoms with Crippen LogP contribution in [0.4, 0.5) is 5.82 Å². The van der Waals surface area contributed by atoms with Gasteiger partial charge in [0.25, 0.3) is 5.82 Å². The van der Waals surface area contributed by atoms with Gasteiger partial charge < -0.3 is 42.8 Å². The number of ether oxygens (including phenoxy) is 1. The van der Waals surface area contributed by atoms with Crippen molar-refractivity contribution in [3.05, 3.63) is 47.5 Å². The summed E-state index contributed by atoms with van der Waals surface area (Å²) in [5.41, 5.74) is 6.33.